The Labute approximate surface area is 166 Å². The zero-order chi connectivity index (χ0) is 21.1. The third-order valence-corrected chi connectivity index (χ3v) is 6.16. The Kier molecular flexibility index (Phi) is 6.35. The van der Waals surface area contributed by atoms with Crippen molar-refractivity contribution in [2.45, 2.75) is 48.7 Å². The highest BCUT2D eigenvalue weighted by atomic mass is 32.2. The van der Waals surface area contributed by atoms with Gasteiger partial charge in [-0.25, -0.2) is 13.1 Å². The maximum Gasteiger partial charge on any atom is 0.573 e. The molecule has 0 amide bonds. The fraction of sp³-hybridized carbons (Fsp3) is 0.368. The average molecular weight is 430 g/mol. The second-order valence-electron chi connectivity index (χ2n) is 6.79. The third kappa shape index (κ3) is 5.84. The van der Waals surface area contributed by atoms with Crippen LogP contribution >= 0.6 is 0 Å². The summed E-state index contributed by atoms with van der Waals surface area (Å²) in [6.07, 6.45) is -3.99. The fourth-order valence-corrected chi connectivity index (χ4v) is 4.59. The molecule has 1 aliphatic rings. The Morgan fingerprint density at radius 2 is 1.59 bits per heavy atom. The number of sulfonamides is 1. The molecule has 2 aromatic carbocycles. The number of alkyl halides is 3. The van der Waals surface area contributed by atoms with Crippen molar-refractivity contribution in [3.63, 3.8) is 0 Å². The lowest BCUT2D eigenvalue weighted by atomic mass is 9.88. The summed E-state index contributed by atoms with van der Waals surface area (Å²) >= 11 is 0. The van der Waals surface area contributed by atoms with Crippen LogP contribution in [0.4, 0.5) is 18.9 Å². The Morgan fingerprint density at radius 1 is 0.966 bits per heavy atom. The van der Waals surface area contributed by atoms with Crippen LogP contribution < -0.4 is 14.8 Å². The van der Waals surface area contributed by atoms with Crippen LogP contribution in [0.1, 0.15) is 19.3 Å². The van der Waals surface area contributed by atoms with Gasteiger partial charge in [0.15, 0.2) is 0 Å². The second-order valence-corrected chi connectivity index (χ2v) is 8.50. The molecule has 0 unspecified atom stereocenters. The summed E-state index contributed by atoms with van der Waals surface area (Å²) in [7, 11) is -4.02. The molecule has 158 valence electrons. The van der Waals surface area contributed by atoms with Crippen molar-refractivity contribution >= 4 is 15.7 Å². The van der Waals surface area contributed by atoms with Crippen LogP contribution in [0.2, 0.25) is 0 Å². The summed E-state index contributed by atoms with van der Waals surface area (Å²) in [5, 5.41) is 13.8. The van der Waals surface area contributed by atoms with Crippen molar-refractivity contribution in [3.05, 3.63) is 54.6 Å². The van der Waals surface area contributed by atoms with Gasteiger partial charge in [0.1, 0.15) is 5.75 Å². The lowest BCUT2D eigenvalue weighted by molar-refractivity contribution is -0.274. The van der Waals surface area contributed by atoms with Gasteiger partial charge in [-0.1, -0.05) is 18.2 Å². The van der Waals surface area contributed by atoms with Crippen molar-refractivity contribution in [3.8, 4) is 5.75 Å². The highest BCUT2D eigenvalue weighted by molar-refractivity contribution is 7.89. The number of nitrogens with one attached hydrogen (secondary N) is 2. The van der Waals surface area contributed by atoms with E-state index in [-0.39, 0.29) is 10.9 Å². The predicted molar refractivity (Wildman–Crippen MR) is 101 cm³/mol. The molecular weight excluding hydrogens is 409 g/mol. The molecular formula is C19H21F3N2O4S. The van der Waals surface area contributed by atoms with Crippen LogP contribution in [0.5, 0.6) is 5.75 Å². The van der Waals surface area contributed by atoms with E-state index in [2.05, 4.69) is 14.8 Å². The number of hydrogen-bond donors (Lipinski definition) is 3. The molecule has 1 saturated carbocycles. The Bertz CT molecular complexity index is 905. The van der Waals surface area contributed by atoms with Crippen LogP contribution in [0.25, 0.3) is 0 Å². The molecule has 0 aromatic heterocycles. The van der Waals surface area contributed by atoms with Crippen LogP contribution in [0, 0.1) is 0 Å². The molecule has 0 spiro atoms. The lowest BCUT2D eigenvalue weighted by Gasteiger charge is -2.36. The number of para-hydroxylation sites is 1. The standard InChI is InChI=1S/C19H21F3N2O4S/c20-19(21,22)28-14-9-11-15(12-10-14)29(26,27)24-17-8-4-7-16(18(17)25)23-13-5-2-1-3-6-13/h1-3,5-6,9-12,16-18,23-25H,4,7-8H2/t16-,17+,18+/m1/s1. The van der Waals surface area contributed by atoms with Gasteiger partial charge >= 0.3 is 6.36 Å². The van der Waals surface area contributed by atoms with Gasteiger partial charge in [-0.3, -0.25) is 0 Å². The highest BCUT2D eigenvalue weighted by Gasteiger charge is 2.35. The van der Waals surface area contributed by atoms with E-state index in [4.69, 9.17) is 0 Å². The van der Waals surface area contributed by atoms with E-state index >= 15 is 0 Å². The number of ether oxygens (including phenoxy) is 1. The van der Waals surface area contributed by atoms with E-state index < -0.39 is 34.3 Å². The minimum Gasteiger partial charge on any atom is -0.406 e. The second kappa shape index (κ2) is 8.60. The number of hydrogen-bond acceptors (Lipinski definition) is 5. The molecule has 3 atom stereocenters. The molecule has 1 fully saturated rings. The molecule has 3 rings (SSSR count). The minimum absolute atomic E-state index is 0.211. The molecule has 1 aliphatic carbocycles. The van der Waals surface area contributed by atoms with Crippen LogP contribution in [-0.4, -0.2) is 38.1 Å². The van der Waals surface area contributed by atoms with E-state index in [1.54, 1.807) is 0 Å². The molecule has 0 aliphatic heterocycles. The normalized spacial score (nSPS) is 22.8. The van der Waals surface area contributed by atoms with Gasteiger partial charge < -0.3 is 15.2 Å². The Morgan fingerprint density at radius 3 is 2.21 bits per heavy atom. The van der Waals surface area contributed by atoms with Crippen molar-refractivity contribution in [2.24, 2.45) is 0 Å². The van der Waals surface area contributed by atoms with Gasteiger partial charge in [-0.2, -0.15) is 0 Å². The van der Waals surface area contributed by atoms with E-state index in [1.165, 1.54) is 0 Å². The maximum atomic E-state index is 12.6. The summed E-state index contributed by atoms with van der Waals surface area (Å²) in [6.45, 7) is 0. The first kappa shape index (κ1) is 21.4. The van der Waals surface area contributed by atoms with Crippen LogP contribution in [0.15, 0.2) is 59.5 Å². The zero-order valence-electron chi connectivity index (χ0n) is 15.3. The molecule has 3 N–H and O–H groups in total. The molecule has 0 heterocycles. The summed E-state index contributed by atoms with van der Waals surface area (Å²) in [6, 6.07) is 12.1. The van der Waals surface area contributed by atoms with Gasteiger partial charge in [0.25, 0.3) is 0 Å². The van der Waals surface area contributed by atoms with Crippen molar-refractivity contribution in [1.82, 2.24) is 4.72 Å². The largest absolute Gasteiger partial charge is 0.573 e. The number of halogens is 3. The number of aliphatic hydroxyl groups is 1. The third-order valence-electron chi connectivity index (χ3n) is 4.65. The van der Waals surface area contributed by atoms with E-state index in [0.717, 1.165) is 30.0 Å². The highest BCUT2D eigenvalue weighted by Crippen LogP contribution is 2.26. The molecule has 0 bridgehead atoms. The Hall–Kier alpha value is -2.30. The van der Waals surface area contributed by atoms with Crippen molar-refractivity contribution in [1.29, 1.82) is 0 Å². The van der Waals surface area contributed by atoms with E-state index in [1.807, 2.05) is 30.3 Å². The fourth-order valence-electron chi connectivity index (χ4n) is 3.30. The first-order chi connectivity index (χ1) is 13.6. The number of rotatable bonds is 6. The van der Waals surface area contributed by atoms with Crippen molar-refractivity contribution < 1.29 is 31.4 Å². The van der Waals surface area contributed by atoms with Crippen LogP contribution in [0.3, 0.4) is 0 Å². The molecule has 6 nitrogen and oxygen atoms in total. The minimum atomic E-state index is -4.86. The monoisotopic (exact) mass is 430 g/mol. The quantitative estimate of drug-likeness (QED) is 0.655. The topological polar surface area (TPSA) is 87.7 Å². The number of aliphatic hydroxyl groups excluding tert-OH is 1. The van der Waals surface area contributed by atoms with E-state index in [9.17, 15) is 26.7 Å². The van der Waals surface area contributed by atoms with Crippen molar-refractivity contribution in [2.75, 3.05) is 5.32 Å². The lowest BCUT2D eigenvalue weighted by Crippen LogP contribution is -2.53. The molecule has 10 heteroatoms. The number of benzene rings is 2. The molecule has 29 heavy (non-hydrogen) atoms. The summed E-state index contributed by atoms with van der Waals surface area (Å²) in [5.74, 6) is -0.513. The van der Waals surface area contributed by atoms with Gasteiger partial charge in [-0.15, -0.1) is 13.2 Å². The van der Waals surface area contributed by atoms with Gasteiger partial charge in [0, 0.05) is 5.69 Å². The summed E-state index contributed by atoms with van der Waals surface area (Å²) in [4.78, 5) is -0.211. The SMILES string of the molecule is O=S(=O)(N[C@H]1CCC[C@@H](Nc2ccccc2)[C@@H]1O)c1ccc(OC(F)(F)F)cc1. The summed E-state index contributed by atoms with van der Waals surface area (Å²) in [5.41, 5.74) is 0.820. The van der Waals surface area contributed by atoms with Crippen LogP contribution in [-0.2, 0) is 10.0 Å². The summed E-state index contributed by atoms with van der Waals surface area (Å²) < 4.78 is 68.1. The smallest absolute Gasteiger partial charge is 0.406 e. The first-order valence-electron chi connectivity index (χ1n) is 9.02. The average Bonchev–Trinajstić information content (AvgIpc) is 2.65. The Balaban J connectivity index is 1.67. The maximum absolute atomic E-state index is 12.6. The molecule has 0 radical (unpaired) electrons. The first-order valence-corrected chi connectivity index (χ1v) is 10.5. The van der Waals surface area contributed by atoms with Gasteiger partial charge in [0.05, 0.1) is 23.1 Å². The van der Waals surface area contributed by atoms with Gasteiger partial charge in [-0.05, 0) is 55.7 Å². The predicted octanol–water partition coefficient (Wildman–Crippen LogP) is 3.26. The number of anilines is 1. The molecule has 2 aromatic rings. The van der Waals surface area contributed by atoms with Gasteiger partial charge in [0.2, 0.25) is 10.0 Å². The zero-order valence-corrected chi connectivity index (χ0v) is 16.1. The van der Waals surface area contributed by atoms with E-state index in [0.29, 0.717) is 19.3 Å². The molecule has 0 saturated heterocycles.